The quantitative estimate of drug-likeness (QED) is 0.688. The molecule has 0 aromatic heterocycles. The first-order valence-corrected chi connectivity index (χ1v) is 4.71. The van der Waals surface area contributed by atoms with Crippen molar-refractivity contribution in [1.29, 1.82) is 0 Å². The molecule has 0 atom stereocenters. The molecule has 0 aromatic rings. The summed E-state index contributed by atoms with van der Waals surface area (Å²) in [6.45, 7) is 1.53. The Morgan fingerprint density at radius 1 is 1.33 bits per heavy atom. The average molecular weight is 266 g/mol. The number of halogens is 4. The predicted molar refractivity (Wildman–Crippen MR) is 41.7 cm³/mol. The minimum Gasteiger partial charge on any atom is -0.210 e. The van der Waals surface area contributed by atoms with Crippen molar-refractivity contribution in [2.24, 2.45) is 5.41 Å². The van der Waals surface area contributed by atoms with Gasteiger partial charge in [0, 0.05) is 16.1 Å². The van der Waals surface area contributed by atoms with E-state index < -0.39 is 11.8 Å². The second-order valence-electron chi connectivity index (χ2n) is 2.22. The summed E-state index contributed by atoms with van der Waals surface area (Å²) in [5.41, 5.74) is -0.917. The Morgan fingerprint density at radius 3 is 1.67 bits per heavy atom. The summed E-state index contributed by atoms with van der Waals surface area (Å²) in [4.78, 5) is 0. The van der Waals surface area contributed by atoms with Gasteiger partial charge in [-0.3, -0.25) is 0 Å². The summed E-state index contributed by atoms with van der Waals surface area (Å²) < 4.78 is 24.0. The molecule has 0 amide bonds. The zero-order valence-electron chi connectivity index (χ0n) is 5.00. The Kier molecular flexibility index (Phi) is 4.21. The van der Waals surface area contributed by atoms with Crippen molar-refractivity contribution in [2.75, 3.05) is 10.7 Å². The van der Waals surface area contributed by atoms with E-state index in [-0.39, 0.29) is 0 Å². The molecule has 0 aliphatic heterocycles. The average Bonchev–Trinajstić information content (AvgIpc) is 1.86. The molecule has 0 radical (unpaired) electrons. The van der Waals surface area contributed by atoms with Crippen molar-refractivity contribution in [2.45, 2.75) is 13.3 Å². The van der Waals surface area contributed by atoms with Gasteiger partial charge in [-0.2, -0.15) is 0 Å². The topological polar surface area (TPSA) is 0 Å². The van der Waals surface area contributed by atoms with Crippen LogP contribution in [0.1, 0.15) is 6.92 Å². The molecule has 0 aliphatic rings. The van der Waals surface area contributed by atoms with Crippen LogP contribution in [0, 0.1) is 5.41 Å². The Bertz CT molecular complexity index is 81.0. The molecule has 0 heterocycles. The number of alkyl halides is 4. The Labute approximate surface area is 70.3 Å². The van der Waals surface area contributed by atoms with Gasteiger partial charge >= 0.3 is 0 Å². The summed E-state index contributed by atoms with van der Waals surface area (Å²) in [7, 11) is 0. The van der Waals surface area contributed by atoms with Gasteiger partial charge in [-0.1, -0.05) is 38.8 Å². The lowest BCUT2D eigenvalue weighted by molar-refractivity contribution is 0.0403. The van der Waals surface area contributed by atoms with Crippen LogP contribution >= 0.6 is 31.9 Å². The van der Waals surface area contributed by atoms with E-state index in [2.05, 4.69) is 31.9 Å². The zero-order chi connectivity index (χ0) is 7.49. The molecule has 0 bridgehead atoms. The lowest BCUT2D eigenvalue weighted by Crippen LogP contribution is -2.29. The molecular formula is C5H8Br2F2. The SMILES string of the molecule is CC(CBr)(CBr)C(F)F. The minimum absolute atomic E-state index is 0.322. The molecule has 0 fully saturated rings. The van der Waals surface area contributed by atoms with Gasteiger partial charge < -0.3 is 0 Å². The van der Waals surface area contributed by atoms with Crippen LogP contribution in [-0.4, -0.2) is 17.1 Å². The first-order chi connectivity index (χ1) is 4.06. The number of hydrogen-bond donors (Lipinski definition) is 0. The maximum atomic E-state index is 12.0. The largest absolute Gasteiger partial charge is 0.245 e. The summed E-state index contributed by atoms with van der Waals surface area (Å²) in [5.74, 6) is 0. The summed E-state index contributed by atoms with van der Waals surface area (Å²) >= 11 is 6.05. The van der Waals surface area contributed by atoms with Crippen molar-refractivity contribution in [3.05, 3.63) is 0 Å². The van der Waals surface area contributed by atoms with Crippen LogP contribution in [0.4, 0.5) is 8.78 Å². The van der Waals surface area contributed by atoms with Crippen molar-refractivity contribution in [3.8, 4) is 0 Å². The van der Waals surface area contributed by atoms with Gasteiger partial charge in [0.05, 0.1) is 0 Å². The van der Waals surface area contributed by atoms with Gasteiger partial charge in [0.25, 0.3) is 0 Å². The van der Waals surface area contributed by atoms with Crippen LogP contribution in [-0.2, 0) is 0 Å². The molecule has 0 aliphatic carbocycles. The van der Waals surface area contributed by atoms with Gasteiger partial charge in [-0.15, -0.1) is 0 Å². The third-order valence-corrected chi connectivity index (χ3v) is 3.70. The molecule has 0 saturated heterocycles. The van der Waals surface area contributed by atoms with E-state index in [4.69, 9.17) is 0 Å². The van der Waals surface area contributed by atoms with E-state index in [0.29, 0.717) is 10.7 Å². The third kappa shape index (κ3) is 2.50. The van der Waals surface area contributed by atoms with Crippen LogP contribution in [0.15, 0.2) is 0 Å². The van der Waals surface area contributed by atoms with E-state index in [1.165, 1.54) is 6.92 Å². The first-order valence-electron chi connectivity index (χ1n) is 2.47. The second kappa shape index (κ2) is 3.86. The van der Waals surface area contributed by atoms with Gasteiger partial charge in [0.15, 0.2) is 0 Å². The van der Waals surface area contributed by atoms with Crippen LogP contribution in [0.5, 0.6) is 0 Å². The molecule has 0 nitrogen and oxygen atoms in total. The first kappa shape index (κ1) is 9.82. The van der Waals surface area contributed by atoms with Crippen LogP contribution in [0.2, 0.25) is 0 Å². The molecule has 0 rings (SSSR count). The van der Waals surface area contributed by atoms with Crippen LogP contribution in [0.3, 0.4) is 0 Å². The van der Waals surface area contributed by atoms with Crippen LogP contribution in [0.25, 0.3) is 0 Å². The fraction of sp³-hybridized carbons (Fsp3) is 1.00. The van der Waals surface area contributed by atoms with E-state index in [9.17, 15) is 8.78 Å². The van der Waals surface area contributed by atoms with Crippen molar-refractivity contribution in [1.82, 2.24) is 0 Å². The number of hydrogen-bond acceptors (Lipinski definition) is 0. The molecule has 0 saturated carbocycles. The van der Waals surface area contributed by atoms with Crippen molar-refractivity contribution < 1.29 is 8.78 Å². The fourth-order valence-corrected chi connectivity index (χ4v) is 1.57. The minimum atomic E-state index is -2.27. The smallest absolute Gasteiger partial charge is 0.210 e. The summed E-state index contributed by atoms with van der Waals surface area (Å²) in [6.07, 6.45) is -2.27. The van der Waals surface area contributed by atoms with E-state index in [1.807, 2.05) is 0 Å². The van der Waals surface area contributed by atoms with Gasteiger partial charge in [-0.05, 0) is 0 Å². The maximum absolute atomic E-state index is 12.0. The molecule has 0 N–H and O–H groups in total. The highest BCUT2D eigenvalue weighted by Gasteiger charge is 2.32. The lowest BCUT2D eigenvalue weighted by Gasteiger charge is -2.22. The second-order valence-corrected chi connectivity index (χ2v) is 3.34. The Balaban J connectivity index is 3.92. The lowest BCUT2D eigenvalue weighted by atomic mass is 9.98. The molecule has 0 unspecified atom stereocenters. The maximum Gasteiger partial charge on any atom is 0.245 e. The standard InChI is InChI=1S/C5H8Br2F2/c1-5(2-6,3-7)4(8)9/h4H,2-3H2,1H3. The molecule has 0 aromatic carbocycles. The van der Waals surface area contributed by atoms with E-state index >= 15 is 0 Å². The van der Waals surface area contributed by atoms with Crippen LogP contribution < -0.4 is 0 Å². The summed E-state index contributed by atoms with van der Waals surface area (Å²) in [6, 6.07) is 0. The highest BCUT2D eigenvalue weighted by atomic mass is 79.9. The van der Waals surface area contributed by atoms with Crippen molar-refractivity contribution >= 4 is 31.9 Å². The molecule has 56 valence electrons. The Morgan fingerprint density at radius 2 is 1.67 bits per heavy atom. The monoisotopic (exact) mass is 264 g/mol. The normalized spacial score (nSPS) is 12.7. The van der Waals surface area contributed by atoms with E-state index in [0.717, 1.165) is 0 Å². The third-order valence-electron chi connectivity index (χ3n) is 1.14. The molecule has 9 heavy (non-hydrogen) atoms. The zero-order valence-corrected chi connectivity index (χ0v) is 8.18. The van der Waals surface area contributed by atoms with Crippen molar-refractivity contribution in [3.63, 3.8) is 0 Å². The predicted octanol–water partition coefficient (Wildman–Crippen LogP) is 3.05. The van der Waals surface area contributed by atoms with Gasteiger partial charge in [0.1, 0.15) is 0 Å². The Hall–Kier alpha value is 0.820. The fourth-order valence-electron chi connectivity index (χ4n) is 0.152. The summed E-state index contributed by atoms with van der Waals surface area (Å²) in [5, 5.41) is 0.645. The highest BCUT2D eigenvalue weighted by Crippen LogP contribution is 2.29. The highest BCUT2D eigenvalue weighted by molar-refractivity contribution is 9.09. The molecule has 4 heteroatoms. The molecular weight excluding hydrogens is 258 g/mol. The van der Waals surface area contributed by atoms with Gasteiger partial charge in [-0.25, -0.2) is 8.78 Å². The molecule has 0 spiro atoms. The van der Waals surface area contributed by atoms with Gasteiger partial charge in [0.2, 0.25) is 6.43 Å². The number of rotatable bonds is 3. The van der Waals surface area contributed by atoms with E-state index in [1.54, 1.807) is 0 Å².